The van der Waals surface area contributed by atoms with Crippen LogP contribution < -0.4 is 10.6 Å². The third-order valence-electron chi connectivity index (χ3n) is 4.53. The Balaban J connectivity index is 1.67. The van der Waals surface area contributed by atoms with Crippen LogP contribution >= 0.6 is 0 Å². The molecular formula is C19H27N5O. The number of hydrogen-bond acceptors (Lipinski definition) is 6. The predicted octanol–water partition coefficient (Wildman–Crippen LogP) is 2.83. The molecule has 1 atom stereocenters. The minimum absolute atomic E-state index is 0.0425. The second-order valence-electron chi connectivity index (χ2n) is 6.99. The number of nitrogens with zero attached hydrogens (tertiary/aromatic N) is 3. The summed E-state index contributed by atoms with van der Waals surface area (Å²) in [6.45, 7) is 5.02. The molecule has 1 aliphatic rings. The van der Waals surface area contributed by atoms with Gasteiger partial charge in [-0.15, -0.1) is 0 Å². The van der Waals surface area contributed by atoms with Crippen molar-refractivity contribution in [3.8, 4) is 0 Å². The summed E-state index contributed by atoms with van der Waals surface area (Å²) in [6.07, 6.45) is 6.93. The fourth-order valence-corrected chi connectivity index (χ4v) is 2.68. The van der Waals surface area contributed by atoms with Crippen LogP contribution in [0.2, 0.25) is 0 Å². The number of pyridine rings is 1. The molecule has 2 heterocycles. The molecule has 134 valence electrons. The lowest BCUT2D eigenvalue weighted by molar-refractivity contribution is 0.248. The highest BCUT2D eigenvalue weighted by Crippen LogP contribution is 2.39. The van der Waals surface area contributed by atoms with E-state index >= 15 is 0 Å². The Morgan fingerprint density at radius 1 is 1.20 bits per heavy atom. The van der Waals surface area contributed by atoms with Crippen molar-refractivity contribution in [1.29, 1.82) is 0 Å². The van der Waals surface area contributed by atoms with Gasteiger partial charge >= 0.3 is 0 Å². The standard InChI is InChI=1S/C19H27N5O/c1-13(2)17(12-25)23-19-22-16(15-3-4-15)11-18(24-19)21-10-7-14-5-8-20-9-6-14/h5-6,8-9,11,13,15,17,25H,3-4,7,10,12H2,1-2H3,(H2,21,22,23,24)/t17-/m1/s1. The van der Waals surface area contributed by atoms with E-state index in [9.17, 15) is 5.11 Å². The Morgan fingerprint density at radius 2 is 1.96 bits per heavy atom. The second kappa shape index (κ2) is 8.25. The van der Waals surface area contributed by atoms with Crippen LogP contribution in [-0.2, 0) is 6.42 Å². The van der Waals surface area contributed by atoms with E-state index in [2.05, 4.69) is 45.5 Å². The lowest BCUT2D eigenvalue weighted by atomic mass is 10.1. The van der Waals surface area contributed by atoms with E-state index in [1.807, 2.05) is 24.5 Å². The van der Waals surface area contributed by atoms with Crippen molar-refractivity contribution in [2.24, 2.45) is 5.92 Å². The van der Waals surface area contributed by atoms with Crippen LogP contribution in [0, 0.1) is 5.92 Å². The van der Waals surface area contributed by atoms with Gasteiger partial charge in [-0.1, -0.05) is 13.8 Å². The molecular weight excluding hydrogens is 314 g/mol. The third-order valence-corrected chi connectivity index (χ3v) is 4.53. The van der Waals surface area contributed by atoms with Gasteiger partial charge < -0.3 is 15.7 Å². The monoisotopic (exact) mass is 341 g/mol. The summed E-state index contributed by atoms with van der Waals surface area (Å²) in [6, 6.07) is 6.06. The van der Waals surface area contributed by atoms with E-state index in [0.29, 0.717) is 17.8 Å². The van der Waals surface area contributed by atoms with E-state index in [4.69, 9.17) is 0 Å². The summed E-state index contributed by atoms with van der Waals surface area (Å²) in [4.78, 5) is 13.3. The average Bonchev–Trinajstić information content (AvgIpc) is 3.45. The molecule has 0 spiro atoms. The predicted molar refractivity (Wildman–Crippen MR) is 99.8 cm³/mol. The molecule has 1 saturated carbocycles. The highest BCUT2D eigenvalue weighted by atomic mass is 16.3. The maximum absolute atomic E-state index is 9.55. The maximum atomic E-state index is 9.55. The fraction of sp³-hybridized carbons (Fsp3) is 0.526. The number of anilines is 2. The van der Waals surface area contributed by atoms with Crippen LogP contribution in [0.25, 0.3) is 0 Å². The highest BCUT2D eigenvalue weighted by Gasteiger charge is 2.26. The fourth-order valence-electron chi connectivity index (χ4n) is 2.68. The van der Waals surface area contributed by atoms with Crippen molar-refractivity contribution in [2.45, 2.75) is 45.1 Å². The highest BCUT2D eigenvalue weighted by molar-refractivity contribution is 5.44. The summed E-state index contributed by atoms with van der Waals surface area (Å²) in [7, 11) is 0. The lowest BCUT2D eigenvalue weighted by Crippen LogP contribution is -2.30. The zero-order valence-electron chi connectivity index (χ0n) is 14.9. The Bertz CT molecular complexity index is 673. The molecule has 1 fully saturated rings. The van der Waals surface area contributed by atoms with Crippen molar-refractivity contribution in [2.75, 3.05) is 23.8 Å². The molecule has 0 bridgehead atoms. The summed E-state index contributed by atoms with van der Waals surface area (Å²) in [5.41, 5.74) is 2.34. The summed E-state index contributed by atoms with van der Waals surface area (Å²) in [5.74, 6) is 2.30. The zero-order valence-corrected chi connectivity index (χ0v) is 14.9. The number of aliphatic hydroxyl groups excluding tert-OH is 1. The smallest absolute Gasteiger partial charge is 0.225 e. The normalized spacial score (nSPS) is 15.2. The Kier molecular flexibility index (Phi) is 5.81. The lowest BCUT2D eigenvalue weighted by Gasteiger charge is -2.20. The number of rotatable bonds is 9. The molecule has 0 aromatic carbocycles. The second-order valence-corrected chi connectivity index (χ2v) is 6.99. The molecule has 0 amide bonds. The van der Waals surface area contributed by atoms with Crippen molar-refractivity contribution >= 4 is 11.8 Å². The first-order valence-electron chi connectivity index (χ1n) is 9.05. The molecule has 25 heavy (non-hydrogen) atoms. The van der Waals surface area contributed by atoms with Gasteiger partial charge in [0, 0.05) is 30.9 Å². The van der Waals surface area contributed by atoms with E-state index in [-0.39, 0.29) is 12.6 Å². The van der Waals surface area contributed by atoms with Crippen LogP contribution in [0.5, 0.6) is 0 Å². The summed E-state index contributed by atoms with van der Waals surface area (Å²) in [5, 5.41) is 16.2. The van der Waals surface area contributed by atoms with Crippen molar-refractivity contribution in [3.63, 3.8) is 0 Å². The largest absolute Gasteiger partial charge is 0.394 e. The van der Waals surface area contributed by atoms with Crippen LogP contribution in [0.1, 0.15) is 43.9 Å². The van der Waals surface area contributed by atoms with Crippen LogP contribution in [0.15, 0.2) is 30.6 Å². The van der Waals surface area contributed by atoms with Crippen LogP contribution in [0.3, 0.4) is 0 Å². The molecule has 0 saturated heterocycles. The molecule has 6 nitrogen and oxygen atoms in total. The minimum atomic E-state index is -0.0425. The number of aromatic nitrogens is 3. The molecule has 0 aliphatic heterocycles. The molecule has 1 aliphatic carbocycles. The van der Waals surface area contributed by atoms with Gasteiger partial charge in [0.1, 0.15) is 5.82 Å². The Labute approximate surface area is 149 Å². The van der Waals surface area contributed by atoms with Gasteiger partial charge in [-0.25, -0.2) is 4.98 Å². The molecule has 3 rings (SSSR count). The Morgan fingerprint density at radius 3 is 2.60 bits per heavy atom. The molecule has 0 unspecified atom stereocenters. The summed E-state index contributed by atoms with van der Waals surface area (Å²) >= 11 is 0. The van der Waals surface area contributed by atoms with Gasteiger partial charge in [0.15, 0.2) is 0 Å². The van der Waals surface area contributed by atoms with E-state index in [1.54, 1.807) is 0 Å². The molecule has 0 radical (unpaired) electrons. The third kappa shape index (κ3) is 5.13. The van der Waals surface area contributed by atoms with Crippen LogP contribution in [-0.4, -0.2) is 39.3 Å². The summed E-state index contributed by atoms with van der Waals surface area (Å²) < 4.78 is 0. The van der Waals surface area contributed by atoms with Gasteiger partial charge in [-0.05, 0) is 42.9 Å². The number of nitrogens with one attached hydrogen (secondary N) is 2. The van der Waals surface area contributed by atoms with Gasteiger partial charge in [0.2, 0.25) is 5.95 Å². The maximum Gasteiger partial charge on any atom is 0.225 e. The molecule has 3 N–H and O–H groups in total. The zero-order chi connectivity index (χ0) is 17.6. The van der Waals surface area contributed by atoms with Crippen molar-refractivity contribution < 1.29 is 5.11 Å². The van der Waals surface area contributed by atoms with E-state index < -0.39 is 0 Å². The topological polar surface area (TPSA) is 83.0 Å². The first-order chi connectivity index (χ1) is 12.2. The molecule has 2 aromatic rings. The van der Waals surface area contributed by atoms with Gasteiger partial charge in [-0.3, -0.25) is 4.98 Å². The number of hydrogen-bond donors (Lipinski definition) is 3. The van der Waals surface area contributed by atoms with E-state index in [1.165, 1.54) is 18.4 Å². The van der Waals surface area contributed by atoms with Gasteiger partial charge in [0.25, 0.3) is 0 Å². The van der Waals surface area contributed by atoms with Crippen LogP contribution in [0.4, 0.5) is 11.8 Å². The first-order valence-corrected chi connectivity index (χ1v) is 9.05. The van der Waals surface area contributed by atoms with Gasteiger partial charge in [-0.2, -0.15) is 4.98 Å². The van der Waals surface area contributed by atoms with Crippen molar-refractivity contribution in [1.82, 2.24) is 15.0 Å². The Hall–Kier alpha value is -2.21. The first kappa shape index (κ1) is 17.6. The molecule has 6 heteroatoms. The average molecular weight is 341 g/mol. The SMILES string of the molecule is CC(C)[C@@H](CO)Nc1nc(NCCc2ccncc2)cc(C2CC2)n1. The van der Waals surface area contributed by atoms with Gasteiger partial charge in [0.05, 0.1) is 18.3 Å². The quantitative estimate of drug-likeness (QED) is 0.650. The molecule has 2 aromatic heterocycles. The number of aliphatic hydroxyl groups is 1. The minimum Gasteiger partial charge on any atom is -0.394 e. The van der Waals surface area contributed by atoms with Crippen molar-refractivity contribution in [3.05, 3.63) is 41.9 Å². The van der Waals surface area contributed by atoms with E-state index in [0.717, 1.165) is 24.5 Å².